The fourth-order valence-electron chi connectivity index (χ4n) is 1.38. The number of rotatable bonds is 5. The summed E-state index contributed by atoms with van der Waals surface area (Å²) < 4.78 is 10.3. The largest absolute Gasteiger partial charge is 0.491 e. The zero-order valence-electron chi connectivity index (χ0n) is 11.9. The van der Waals surface area contributed by atoms with Crippen molar-refractivity contribution in [3.8, 4) is 5.75 Å². The third kappa shape index (κ3) is 6.67. The summed E-state index contributed by atoms with van der Waals surface area (Å²) in [6.07, 6.45) is 0. The number of methoxy groups -OCH3 is 1. The average molecular weight is 266 g/mol. The molecule has 0 unspecified atom stereocenters. The van der Waals surface area contributed by atoms with Gasteiger partial charge in [0.05, 0.1) is 6.61 Å². The molecule has 5 nitrogen and oxygen atoms in total. The first kappa shape index (κ1) is 15.3. The molecule has 0 aliphatic rings. The second kappa shape index (κ2) is 6.99. The predicted molar refractivity (Wildman–Crippen MR) is 75.7 cm³/mol. The molecule has 0 radical (unpaired) electrons. The van der Waals surface area contributed by atoms with Gasteiger partial charge >= 0.3 is 6.03 Å². The Morgan fingerprint density at radius 1 is 1.16 bits per heavy atom. The second-order valence-corrected chi connectivity index (χ2v) is 5.19. The monoisotopic (exact) mass is 266 g/mol. The second-order valence-electron chi connectivity index (χ2n) is 5.19. The standard InChI is InChI=1S/C14H22N2O3/c1-14(2,3)16-13(17)15-11-5-7-12(8-6-11)19-10-9-18-4/h5-8H,9-10H2,1-4H3,(H2,15,16,17). The van der Waals surface area contributed by atoms with Gasteiger partial charge in [0.15, 0.2) is 0 Å². The summed E-state index contributed by atoms with van der Waals surface area (Å²) in [5.41, 5.74) is 0.466. The van der Waals surface area contributed by atoms with E-state index in [1.807, 2.05) is 32.9 Å². The fraction of sp³-hybridized carbons (Fsp3) is 0.500. The van der Waals surface area contributed by atoms with Crippen molar-refractivity contribution >= 4 is 11.7 Å². The molecule has 0 aromatic heterocycles. The van der Waals surface area contributed by atoms with Gasteiger partial charge in [0.25, 0.3) is 0 Å². The van der Waals surface area contributed by atoms with Crippen LogP contribution in [0.1, 0.15) is 20.8 Å². The van der Waals surface area contributed by atoms with Gasteiger partial charge in [-0.15, -0.1) is 0 Å². The van der Waals surface area contributed by atoms with E-state index in [1.54, 1.807) is 19.2 Å². The number of benzene rings is 1. The van der Waals surface area contributed by atoms with Gasteiger partial charge in [-0.1, -0.05) is 0 Å². The Morgan fingerprint density at radius 3 is 2.32 bits per heavy atom. The molecule has 19 heavy (non-hydrogen) atoms. The van der Waals surface area contributed by atoms with Crippen molar-refractivity contribution in [2.45, 2.75) is 26.3 Å². The normalized spacial score (nSPS) is 10.9. The highest BCUT2D eigenvalue weighted by atomic mass is 16.5. The first-order valence-electron chi connectivity index (χ1n) is 6.22. The van der Waals surface area contributed by atoms with Gasteiger partial charge in [0.2, 0.25) is 0 Å². The quantitative estimate of drug-likeness (QED) is 0.805. The van der Waals surface area contributed by atoms with Crippen LogP contribution in [-0.2, 0) is 4.74 Å². The first-order valence-corrected chi connectivity index (χ1v) is 6.22. The molecule has 1 rings (SSSR count). The van der Waals surface area contributed by atoms with E-state index in [0.717, 1.165) is 11.4 Å². The van der Waals surface area contributed by atoms with Crippen molar-refractivity contribution in [3.05, 3.63) is 24.3 Å². The minimum atomic E-state index is -0.257. The molecular formula is C14H22N2O3. The number of carbonyl (C=O) groups is 1. The smallest absolute Gasteiger partial charge is 0.319 e. The molecule has 2 N–H and O–H groups in total. The summed E-state index contributed by atoms with van der Waals surface area (Å²) >= 11 is 0. The van der Waals surface area contributed by atoms with E-state index in [0.29, 0.717) is 13.2 Å². The Bertz CT molecular complexity index is 396. The highest BCUT2D eigenvalue weighted by Gasteiger charge is 2.13. The number of ether oxygens (including phenoxy) is 2. The fourth-order valence-corrected chi connectivity index (χ4v) is 1.38. The van der Waals surface area contributed by atoms with Crippen LogP contribution in [0, 0.1) is 0 Å². The molecule has 0 bridgehead atoms. The lowest BCUT2D eigenvalue weighted by atomic mass is 10.1. The average Bonchev–Trinajstić information content (AvgIpc) is 2.29. The number of hydrogen-bond donors (Lipinski definition) is 2. The molecule has 0 aliphatic heterocycles. The van der Waals surface area contributed by atoms with E-state index in [-0.39, 0.29) is 11.6 Å². The number of carbonyl (C=O) groups excluding carboxylic acids is 1. The molecule has 0 saturated heterocycles. The third-order valence-corrected chi connectivity index (χ3v) is 2.16. The zero-order chi connectivity index (χ0) is 14.3. The van der Waals surface area contributed by atoms with Gasteiger partial charge in [-0.2, -0.15) is 0 Å². The Balaban J connectivity index is 2.45. The van der Waals surface area contributed by atoms with Crippen LogP contribution in [0.15, 0.2) is 24.3 Å². The number of anilines is 1. The number of amides is 2. The maximum Gasteiger partial charge on any atom is 0.319 e. The molecule has 0 fully saturated rings. The number of urea groups is 1. The minimum Gasteiger partial charge on any atom is -0.491 e. The molecule has 1 aromatic carbocycles. The van der Waals surface area contributed by atoms with E-state index in [4.69, 9.17) is 9.47 Å². The summed E-state index contributed by atoms with van der Waals surface area (Å²) in [5.74, 6) is 0.749. The Hall–Kier alpha value is -1.75. The molecular weight excluding hydrogens is 244 g/mol. The summed E-state index contributed by atoms with van der Waals surface area (Å²) in [6, 6.07) is 6.99. The molecule has 106 valence electrons. The van der Waals surface area contributed by atoms with Crippen LogP contribution in [0.5, 0.6) is 5.75 Å². The van der Waals surface area contributed by atoms with Crippen LogP contribution >= 0.6 is 0 Å². The van der Waals surface area contributed by atoms with Gasteiger partial charge < -0.3 is 20.1 Å². The molecule has 1 aromatic rings. The SMILES string of the molecule is COCCOc1ccc(NC(=O)NC(C)(C)C)cc1. The minimum absolute atomic E-state index is 0.222. The molecule has 0 aliphatic carbocycles. The van der Waals surface area contributed by atoms with Crippen LogP contribution < -0.4 is 15.4 Å². The molecule has 0 heterocycles. The van der Waals surface area contributed by atoms with E-state index in [1.165, 1.54) is 0 Å². The van der Waals surface area contributed by atoms with Crippen LogP contribution in [0.2, 0.25) is 0 Å². The molecule has 0 saturated carbocycles. The molecule has 0 spiro atoms. The zero-order valence-corrected chi connectivity index (χ0v) is 11.9. The number of nitrogens with one attached hydrogen (secondary N) is 2. The van der Waals surface area contributed by atoms with E-state index in [9.17, 15) is 4.79 Å². The van der Waals surface area contributed by atoms with Crippen LogP contribution in [-0.4, -0.2) is 31.9 Å². The van der Waals surface area contributed by atoms with Gasteiger partial charge in [-0.3, -0.25) is 0 Å². The van der Waals surface area contributed by atoms with Gasteiger partial charge in [-0.25, -0.2) is 4.79 Å². The lowest BCUT2D eigenvalue weighted by molar-refractivity contribution is 0.146. The Kier molecular flexibility index (Phi) is 5.63. The predicted octanol–water partition coefficient (Wildman–Crippen LogP) is 2.63. The lowest BCUT2D eigenvalue weighted by Gasteiger charge is -2.20. The highest BCUT2D eigenvalue weighted by Crippen LogP contribution is 2.15. The lowest BCUT2D eigenvalue weighted by Crippen LogP contribution is -2.43. The molecule has 5 heteroatoms. The Labute approximate surface area is 114 Å². The van der Waals surface area contributed by atoms with E-state index < -0.39 is 0 Å². The maximum atomic E-state index is 11.7. The summed E-state index contributed by atoms with van der Waals surface area (Å²) in [7, 11) is 1.63. The van der Waals surface area contributed by atoms with Crippen molar-refractivity contribution in [2.75, 3.05) is 25.6 Å². The van der Waals surface area contributed by atoms with Crippen molar-refractivity contribution in [2.24, 2.45) is 0 Å². The highest BCUT2D eigenvalue weighted by molar-refractivity contribution is 5.89. The van der Waals surface area contributed by atoms with Crippen molar-refractivity contribution < 1.29 is 14.3 Å². The maximum absolute atomic E-state index is 11.7. The molecule has 0 atom stereocenters. The van der Waals surface area contributed by atoms with Crippen LogP contribution in [0.3, 0.4) is 0 Å². The van der Waals surface area contributed by atoms with E-state index >= 15 is 0 Å². The van der Waals surface area contributed by atoms with Crippen LogP contribution in [0.25, 0.3) is 0 Å². The van der Waals surface area contributed by atoms with Gasteiger partial charge in [0, 0.05) is 18.3 Å². The van der Waals surface area contributed by atoms with Crippen molar-refractivity contribution in [3.63, 3.8) is 0 Å². The summed E-state index contributed by atoms with van der Waals surface area (Å²) in [5, 5.41) is 5.59. The summed E-state index contributed by atoms with van der Waals surface area (Å²) in [6.45, 7) is 6.85. The third-order valence-electron chi connectivity index (χ3n) is 2.16. The Morgan fingerprint density at radius 2 is 1.79 bits per heavy atom. The van der Waals surface area contributed by atoms with Gasteiger partial charge in [0.1, 0.15) is 12.4 Å². The topological polar surface area (TPSA) is 59.6 Å². The van der Waals surface area contributed by atoms with Gasteiger partial charge in [-0.05, 0) is 45.0 Å². The van der Waals surface area contributed by atoms with Crippen molar-refractivity contribution in [1.29, 1.82) is 0 Å². The van der Waals surface area contributed by atoms with Crippen molar-refractivity contribution in [1.82, 2.24) is 5.32 Å². The van der Waals surface area contributed by atoms with E-state index in [2.05, 4.69) is 10.6 Å². The summed E-state index contributed by atoms with van der Waals surface area (Å²) in [4.78, 5) is 11.7. The first-order chi connectivity index (χ1) is 8.90. The van der Waals surface area contributed by atoms with Crippen LogP contribution in [0.4, 0.5) is 10.5 Å². The molecule has 2 amide bonds. The number of hydrogen-bond acceptors (Lipinski definition) is 3.